The fourth-order valence-electron chi connectivity index (χ4n) is 1.35. The van der Waals surface area contributed by atoms with Crippen molar-refractivity contribution in [2.75, 3.05) is 0 Å². The minimum Gasteiger partial charge on any atom is -0.875 e. The van der Waals surface area contributed by atoms with E-state index in [1.54, 1.807) is 6.08 Å². The van der Waals surface area contributed by atoms with E-state index in [4.69, 9.17) is 0 Å². The van der Waals surface area contributed by atoms with Gasteiger partial charge in [-0.05, 0) is 17.6 Å². The Kier molecular flexibility index (Phi) is 7.81. The summed E-state index contributed by atoms with van der Waals surface area (Å²) in [7, 11) is 0. The Morgan fingerprint density at radius 3 is 2.50 bits per heavy atom. The van der Waals surface area contributed by atoms with E-state index in [-0.39, 0.29) is 24.6 Å². The van der Waals surface area contributed by atoms with Gasteiger partial charge in [-0.15, -0.1) is 5.76 Å². The molecule has 0 bridgehead atoms. The van der Waals surface area contributed by atoms with Crippen LogP contribution in [0.2, 0.25) is 0 Å². The first-order valence-electron chi connectivity index (χ1n) is 5.36. The Balaban J connectivity index is 0.00000225. The molecule has 0 aliphatic heterocycles. The van der Waals surface area contributed by atoms with E-state index < -0.39 is 0 Å². The summed E-state index contributed by atoms with van der Waals surface area (Å²) in [6, 6.07) is 9.78. The third-order valence-corrected chi connectivity index (χ3v) is 2.26. The van der Waals surface area contributed by atoms with Crippen molar-refractivity contribution in [2.45, 2.75) is 26.2 Å². The van der Waals surface area contributed by atoms with E-state index in [1.807, 2.05) is 30.3 Å². The summed E-state index contributed by atoms with van der Waals surface area (Å²) in [6.07, 6.45) is 4.28. The molecule has 0 unspecified atom stereocenters. The van der Waals surface area contributed by atoms with Crippen molar-refractivity contribution in [3.05, 3.63) is 54.3 Å². The molecule has 0 fully saturated rings. The first-order chi connectivity index (χ1) is 7.24. The second-order valence-corrected chi connectivity index (χ2v) is 3.61. The van der Waals surface area contributed by atoms with Gasteiger partial charge >= 0.3 is 18.9 Å². The Morgan fingerprint density at radius 2 is 1.94 bits per heavy atom. The zero-order chi connectivity index (χ0) is 11.1. The van der Waals surface area contributed by atoms with Crippen molar-refractivity contribution >= 4 is 5.57 Å². The zero-order valence-electron chi connectivity index (χ0n) is 10.2. The van der Waals surface area contributed by atoms with Gasteiger partial charge in [0.25, 0.3) is 0 Å². The molecule has 0 heterocycles. The topological polar surface area (TPSA) is 23.1 Å². The quantitative estimate of drug-likeness (QED) is 0.383. The van der Waals surface area contributed by atoms with Crippen LogP contribution in [0.25, 0.3) is 5.57 Å². The van der Waals surface area contributed by atoms with E-state index in [1.165, 1.54) is 0 Å². The van der Waals surface area contributed by atoms with Gasteiger partial charge in [-0.3, -0.25) is 0 Å². The van der Waals surface area contributed by atoms with Crippen LogP contribution in [0.3, 0.4) is 0 Å². The number of hydrogen-bond donors (Lipinski definition) is 0. The molecule has 0 N–H and O–H groups in total. The van der Waals surface area contributed by atoms with Gasteiger partial charge in [0.05, 0.1) is 0 Å². The number of hydrogen-bond acceptors (Lipinski definition) is 1. The van der Waals surface area contributed by atoms with Crippen molar-refractivity contribution in [3.63, 3.8) is 0 Å². The van der Waals surface area contributed by atoms with Gasteiger partial charge in [0.1, 0.15) is 0 Å². The van der Waals surface area contributed by atoms with Crippen LogP contribution in [0.15, 0.2) is 48.7 Å². The van der Waals surface area contributed by atoms with Crippen LogP contribution >= 0.6 is 0 Å². The maximum Gasteiger partial charge on any atom is 1.00 e. The summed E-state index contributed by atoms with van der Waals surface area (Å²) in [4.78, 5) is 0. The Morgan fingerprint density at radius 1 is 1.31 bits per heavy atom. The average Bonchev–Trinajstić information content (AvgIpc) is 2.27. The molecule has 0 saturated carbocycles. The summed E-state index contributed by atoms with van der Waals surface area (Å²) >= 11 is 0. The SMILES string of the molecule is C=C(/C=C(/[O-])CCCC)c1ccccc1.[Li+]. The summed E-state index contributed by atoms with van der Waals surface area (Å²) in [5.41, 5.74) is 1.82. The van der Waals surface area contributed by atoms with E-state index in [9.17, 15) is 5.11 Å². The molecule has 1 nitrogen and oxygen atoms in total. The molecule has 2 heteroatoms. The van der Waals surface area contributed by atoms with E-state index in [2.05, 4.69) is 13.5 Å². The van der Waals surface area contributed by atoms with Crippen LogP contribution in [0.5, 0.6) is 0 Å². The molecule has 80 valence electrons. The minimum atomic E-state index is 0. The summed E-state index contributed by atoms with van der Waals surface area (Å²) in [5, 5.41) is 11.5. The van der Waals surface area contributed by atoms with Gasteiger partial charge in [0.2, 0.25) is 0 Å². The Bertz CT molecular complexity index is 341. The number of benzene rings is 1. The fraction of sp³-hybridized carbons (Fsp3) is 0.286. The molecule has 0 aliphatic rings. The maximum atomic E-state index is 11.5. The third kappa shape index (κ3) is 5.26. The fourth-order valence-corrected chi connectivity index (χ4v) is 1.35. The Labute approximate surface area is 110 Å². The molecule has 0 aliphatic carbocycles. The molecule has 16 heavy (non-hydrogen) atoms. The van der Waals surface area contributed by atoms with Crippen LogP contribution in [-0.2, 0) is 0 Å². The van der Waals surface area contributed by atoms with Gasteiger partial charge in [0, 0.05) is 0 Å². The molecule has 0 amide bonds. The number of allylic oxidation sites excluding steroid dienone is 3. The monoisotopic (exact) mass is 208 g/mol. The van der Waals surface area contributed by atoms with Crippen molar-refractivity contribution < 1.29 is 24.0 Å². The molecular weight excluding hydrogens is 191 g/mol. The van der Waals surface area contributed by atoms with Crippen molar-refractivity contribution in [1.82, 2.24) is 0 Å². The van der Waals surface area contributed by atoms with Crippen molar-refractivity contribution in [2.24, 2.45) is 0 Å². The van der Waals surface area contributed by atoms with Crippen molar-refractivity contribution in [3.8, 4) is 0 Å². The van der Waals surface area contributed by atoms with Crippen LogP contribution in [0.4, 0.5) is 0 Å². The van der Waals surface area contributed by atoms with Crippen LogP contribution in [0.1, 0.15) is 31.7 Å². The Hall–Kier alpha value is -0.903. The third-order valence-electron chi connectivity index (χ3n) is 2.26. The second kappa shape index (κ2) is 8.27. The van der Waals surface area contributed by atoms with Crippen molar-refractivity contribution in [1.29, 1.82) is 0 Å². The molecule has 0 saturated heterocycles. The summed E-state index contributed by atoms with van der Waals surface area (Å²) in [6.45, 7) is 5.98. The smallest absolute Gasteiger partial charge is 0.875 e. The first-order valence-corrected chi connectivity index (χ1v) is 5.36. The minimum absolute atomic E-state index is 0. The van der Waals surface area contributed by atoms with Gasteiger partial charge in [-0.25, -0.2) is 0 Å². The van der Waals surface area contributed by atoms with Crippen LogP contribution in [-0.4, -0.2) is 0 Å². The standard InChI is InChI=1S/C14H18O.Li/c1-3-4-10-14(15)11-12(2)13-8-6-5-7-9-13;/h5-9,11,15H,2-4,10H2,1H3;/q;+1/p-1/b14-11+;. The average molecular weight is 208 g/mol. The molecule has 0 atom stereocenters. The summed E-state index contributed by atoms with van der Waals surface area (Å²) < 4.78 is 0. The van der Waals surface area contributed by atoms with Gasteiger partial charge in [-0.2, -0.15) is 0 Å². The molecule has 1 aromatic carbocycles. The maximum absolute atomic E-state index is 11.5. The number of rotatable bonds is 5. The van der Waals surface area contributed by atoms with Gasteiger partial charge < -0.3 is 5.11 Å². The van der Waals surface area contributed by atoms with Gasteiger partial charge in [0.15, 0.2) is 0 Å². The molecule has 1 rings (SSSR count). The zero-order valence-corrected chi connectivity index (χ0v) is 10.2. The summed E-state index contributed by atoms with van der Waals surface area (Å²) in [5.74, 6) is 0.172. The predicted molar refractivity (Wildman–Crippen MR) is 63.1 cm³/mol. The van der Waals surface area contributed by atoms with E-state index in [0.29, 0.717) is 6.42 Å². The van der Waals surface area contributed by atoms with Crippen LogP contribution < -0.4 is 24.0 Å². The molecule has 0 aromatic heterocycles. The molecular formula is C14H17LiO. The molecule has 1 aromatic rings. The largest absolute Gasteiger partial charge is 1.00 e. The molecule has 0 spiro atoms. The van der Waals surface area contributed by atoms with Crippen LogP contribution in [0, 0.1) is 0 Å². The first kappa shape index (κ1) is 15.1. The second-order valence-electron chi connectivity index (χ2n) is 3.61. The van der Waals surface area contributed by atoms with E-state index in [0.717, 1.165) is 24.0 Å². The normalized spacial score (nSPS) is 10.7. The molecule has 0 radical (unpaired) electrons. The predicted octanol–water partition coefficient (Wildman–Crippen LogP) is 0.138. The van der Waals surface area contributed by atoms with Gasteiger partial charge in [-0.1, -0.05) is 62.8 Å². The van der Waals surface area contributed by atoms with E-state index >= 15 is 0 Å². The number of unbranched alkanes of at least 4 members (excludes halogenated alkanes) is 1.